The Morgan fingerprint density at radius 2 is 2.29 bits per heavy atom. The average Bonchev–Trinajstić information content (AvgIpc) is 2.78. The molecule has 17 heavy (non-hydrogen) atoms. The smallest absolute Gasteiger partial charge is 0.153 e. The van der Waals surface area contributed by atoms with Crippen molar-refractivity contribution in [2.45, 2.75) is 13.3 Å². The van der Waals surface area contributed by atoms with Crippen LogP contribution in [0.2, 0.25) is 0 Å². The molecule has 0 spiro atoms. The van der Waals surface area contributed by atoms with Crippen molar-refractivity contribution in [1.29, 1.82) is 0 Å². The van der Waals surface area contributed by atoms with Crippen LogP contribution in [-0.4, -0.2) is 23.6 Å². The van der Waals surface area contributed by atoms with Gasteiger partial charge in [0, 0.05) is 12.0 Å². The van der Waals surface area contributed by atoms with Gasteiger partial charge in [0.2, 0.25) is 0 Å². The first-order valence-electron chi connectivity index (χ1n) is 5.35. The van der Waals surface area contributed by atoms with Gasteiger partial charge in [0.1, 0.15) is 5.75 Å². The van der Waals surface area contributed by atoms with E-state index >= 15 is 0 Å². The van der Waals surface area contributed by atoms with E-state index in [9.17, 15) is 4.79 Å². The lowest BCUT2D eigenvalue weighted by atomic mass is 10.0. The van der Waals surface area contributed by atoms with Gasteiger partial charge in [0.05, 0.1) is 24.6 Å². The Morgan fingerprint density at radius 1 is 1.47 bits per heavy atom. The molecule has 1 aromatic carbocycles. The molecule has 0 aliphatic carbocycles. The highest BCUT2D eigenvalue weighted by Gasteiger charge is 2.09. The highest BCUT2D eigenvalue weighted by Crippen LogP contribution is 2.22. The summed E-state index contributed by atoms with van der Waals surface area (Å²) in [5.74, 6) is 0.830. The molecule has 1 heterocycles. The van der Waals surface area contributed by atoms with Gasteiger partial charge in [0.15, 0.2) is 6.29 Å². The number of ether oxygens (including phenoxy) is 1. The Bertz CT molecular complexity index is 532. The summed E-state index contributed by atoms with van der Waals surface area (Å²) >= 11 is 0. The Kier molecular flexibility index (Phi) is 3.23. The molecule has 0 atom stereocenters. The minimum absolute atomic E-state index is 0.590. The van der Waals surface area contributed by atoms with Crippen LogP contribution in [-0.2, 0) is 6.42 Å². The number of hydrogen-bond donors (Lipinski definition) is 1. The molecule has 0 unspecified atom stereocenters. The second-order valence-electron chi connectivity index (χ2n) is 3.91. The third kappa shape index (κ3) is 2.36. The average molecular weight is 230 g/mol. The van der Waals surface area contributed by atoms with Crippen molar-refractivity contribution >= 4 is 6.29 Å². The van der Waals surface area contributed by atoms with Crippen LogP contribution in [0.3, 0.4) is 0 Å². The topological polar surface area (TPSA) is 55.0 Å². The van der Waals surface area contributed by atoms with Crippen LogP contribution >= 0.6 is 0 Å². The van der Waals surface area contributed by atoms with Crippen molar-refractivity contribution in [2.24, 2.45) is 0 Å². The van der Waals surface area contributed by atoms with Gasteiger partial charge in [-0.2, -0.15) is 5.10 Å². The van der Waals surface area contributed by atoms with Crippen molar-refractivity contribution in [3.05, 3.63) is 46.8 Å². The molecule has 0 aliphatic rings. The van der Waals surface area contributed by atoms with E-state index in [-0.39, 0.29) is 0 Å². The van der Waals surface area contributed by atoms with E-state index in [0.29, 0.717) is 12.0 Å². The summed E-state index contributed by atoms with van der Waals surface area (Å²) < 4.78 is 5.33. The van der Waals surface area contributed by atoms with Crippen LogP contribution in [0, 0.1) is 6.92 Å². The van der Waals surface area contributed by atoms with Crippen LogP contribution < -0.4 is 4.74 Å². The molecule has 0 saturated heterocycles. The molecule has 1 aromatic heterocycles. The molecular formula is C13H14N2O2. The number of H-pyrrole nitrogens is 1. The quantitative estimate of drug-likeness (QED) is 0.818. The van der Waals surface area contributed by atoms with Gasteiger partial charge in [-0.15, -0.1) is 0 Å². The normalized spacial score (nSPS) is 10.2. The number of nitrogens with zero attached hydrogens (tertiary/aromatic N) is 1. The molecule has 0 bridgehead atoms. The zero-order valence-electron chi connectivity index (χ0n) is 9.86. The standard InChI is InChI=1S/C13H14N2O2/c1-9-3-4-10(13(5-9)17-2)6-12-11(8-16)7-14-15-12/h3-5,7-8H,6H2,1-2H3,(H,14,15). The van der Waals surface area contributed by atoms with E-state index in [2.05, 4.69) is 10.2 Å². The van der Waals surface area contributed by atoms with Gasteiger partial charge in [-0.25, -0.2) is 0 Å². The fourth-order valence-electron chi connectivity index (χ4n) is 1.75. The number of aromatic nitrogens is 2. The molecule has 0 fully saturated rings. The molecule has 0 amide bonds. The minimum atomic E-state index is 0.590. The molecule has 0 saturated carbocycles. The van der Waals surface area contributed by atoms with Gasteiger partial charge < -0.3 is 4.74 Å². The molecule has 4 nitrogen and oxygen atoms in total. The third-order valence-corrected chi connectivity index (χ3v) is 2.69. The van der Waals surface area contributed by atoms with Crippen LogP contribution in [0.1, 0.15) is 27.2 Å². The fraction of sp³-hybridized carbons (Fsp3) is 0.231. The van der Waals surface area contributed by atoms with Crippen molar-refractivity contribution in [1.82, 2.24) is 10.2 Å². The van der Waals surface area contributed by atoms with Gasteiger partial charge in [0.25, 0.3) is 0 Å². The summed E-state index contributed by atoms with van der Waals surface area (Å²) in [5.41, 5.74) is 3.58. The minimum Gasteiger partial charge on any atom is -0.496 e. The molecule has 0 radical (unpaired) electrons. The molecule has 4 heteroatoms. The van der Waals surface area contributed by atoms with Crippen LogP contribution in [0.4, 0.5) is 0 Å². The number of aldehydes is 1. The summed E-state index contributed by atoms with van der Waals surface area (Å²) in [5, 5.41) is 6.70. The van der Waals surface area contributed by atoms with Crippen molar-refractivity contribution in [2.75, 3.05) is 7.11 Å². The molecule has 0 aliphatic heterocycles. The van der Waals surface area contributed by atoms with Gasteiger partial charge in [-0.3, -0.25) is 9.89 Å². The number of methoxy groups -OCH3 is 1. The Balaban J connectivity index is 2.32. The molecule has 1 N–H and O–H groups in total. The first kappa shape index (κ1) is 11.4. The summed E-state index contributed by atoms with van der Waals surface area (Å²) in [6.45, 7) is 2.01. The van der Waals surface area contributed by atoms with Crippen molar-refractivity contribution < 1.29 is 9.53 Å². The lowest BCUT2D eigenvalue weighted by molar-refractivity contribution is 0.112. The molecular weight excluding hydrogens is 216 g/mol. The van der Waals surface area contributed by atoms with Gasteiger partial charge in [-0.1, -0.05) is 12.1 Å². The fourth-order valence-corrected chi connectivity index (χ4v) is 1.75. The largest absolute Gasteiger partial charge is 0.496 e. The Labute approximate surface area is 99.6 Å². The molecule has 2 aromatic rings. The zero-order chi connectivity index (χ0) is 12.3. The van der Waals surface area contributed by atoms with Crippen molar-refractivity contribution in [3.8, 4) is 5.75 Å². The second-order valence-corrected chi connectivity index (χ2v) is 3.91. The lowest BCUT2D eigenvalue weighted by Crippen LogP contribution is -1.97. The van der Waals surface area contributed by atoms with Crippen LogP contribution in [0.5, 0.6) is 5.75 Å². The second kappa shape index (κ2) is 4.82. The number of hydrogen-bond acceptors (Lipinski definition) is 3. The SMILES string of the molecule is COc1cc(C)ccc1Cc1[nH]ncc1C=O. The maximum absolute atomic E-state index is 10.8. The van der Waals surface area contributed by atoms with Gasteiger partial charge >= 0.3 is 0 Å². The number of aryl methyl sites for hydroxylation is 1. The zero-order valence-corrected chi connectivity index (χ0v) is 9.86. The lowest BCUT2D eigenvalue weighted by Gasteiger charge is -2.08. The van der Waals surface area contributed by atoms with E-state index in [4.69, 9.17) is 4.74 Å². The number of rotatable bonds is 4. The first-order valence-corrected chi connectivity index (χ1v) is 5.35. The van der Waals surface area contributed by atoms with Crippen LogP contribution in [0.25, 0.3) is 0 Å². The van der Waals surface area contributed by atoms with E-state index in [1.165, 1.54) is 6.20 Å². The Hall–Kier alpha value is -2.10. The number of benzene rings is 1. The third-order valence-electron chi connectivity index (χ3n) is 2.69. The van der Waals surface area contributed by atoms with Gasteiger partial charge in [-0.05, 0) is 18.6 Å². The van der Waals surface area contributed by atoms with Crippen LogP contribution in [0.15, 0.2) is 24.4 Å². The number of nitrogens with one attached hydrogen (secondary N) is 1. The highest BCUT2D eigenvalue weighted by molar-refractivity contribution is 5.76. The first-order chi connectivity index (χ1) is 8.24. The number of aromatic amines is 1. The summed E-state index contributed by atoms with van der Waals surface area (Å²) in [6.07, 6.45) is 2.94. The van der Waals surface area contributed by atoms with Crippen molar-refractivity contribution in [3.63, 3.8) is 0 Å². The molecule has 2 rings (SSSR count). The van der Waals surface area contributed by atoms with E-state index < -0.39 is 0 Å². The summed E-state index contributed by atoms with van der Waals surface area (Å²) in [6, 6.07) is 6.00. The maximum Gasteiger partial charge on any atom is 0.153 e. The van der Waals surface area contributed by atoms with E-state index in [0.717, 1.165) is 28.9 Å². The predicted molar refractivity (Wildman–Crippen MR) is 64.5 cm³/mol. The summed E-state index contributed by atoms with van der Waals surface area (Å²) in [7, 11) is 1.64. The van der Waals surface area contributed by atoms with E-state index in [1.54, 1.807) is 7.11 Å². The summed E-state index contributed by atoms with van der Waals surface area (Å²) in [4.78, 5) is 10.8. The number of carbonyl (C=O) groups is 1. The maximum atomic E-state index is 10.8. The predicted octanol–water partition coefficient (Wildman–Crippen LogP) is 2.13. The van der Waals surface area contributed by atoms with E-state index in [1.807, 2.05) is 25.1 Å². The number of carbonyl (C=O) groups excluding carboxylic acids is 1. The Morgan fingerprint density at radius 3 is 3.00 bits per heavy atom. The monoisotopic (exact) mass is 230 g/mol. The highest BCUT2D eigenvalue weighted by atomic mass is 16.5. The molecule has 88 valence electrons.